The maximum absolute atomic E-state index is 12.8. The highest BCUT2D eigenvalue weighted by Gasteiger charge is 2.18. The van der Waals surface area contributed by atoms with Crippen LogP contribution in [0.15, 0.2) is 71.6 Å². The van der Waals surface area contributed by atoms with Crippen molar-refractivity contribution < 1.29 is 22.7 Å². The van der Waals surface area contributed by atoms with Crippen molar-refractivity contribution in [2.24, 2.45) is 0 Å². The van der Waals surface area contributed by atoms with Gasteiger partial charge in [-0.25, -0.2) is 13.2 Å². The molecule has 0 heterocycles. The molecule has 0 spiro atoms. The van der Waals surface area contributed by atoms with Gasteiger partial charge in [0.25, 0.3) is 10.0 Å². The summed E-state index contributed by atoms with van der Waals surface area (Å²) in [6, 6.07) is 19.7. The number of carbonyl (C=O) groups is 1. The first-order valence-corrected chi connectivity index (χ1v) is 12.8. The molecule has 0 saturated heterocycles. The number of amides is 1. The number of ether oxygens (including phenoxy) is 2. The molecule has 0 aromatic heterocycles. The molecule has 9 heteroatoms. The van der Waals surface area contributed by atoms with Crippen LogP contribution in [-0.2, 0) is 14.8 Å². The summed E-state index contributed by atoms with van der Waals surface area (Å²) < 4.78 is 39.1. The summed E-state index contributed by atoms with van der Waals surface area (Å²) in [6.45, 7) is 9.39. The first-order valence-electron chi connectivity index (χ1n) is 11.3. The molecule has 0 bridgehead atoms. The zero-order chi connectivity index (χ0) is 26.5. The molecule has 0 atom stereocenters. The van der Waals surface area contributed by atoms with Gasteiger partial charge < -0.3 is 9.47 Å². The fraction of sp³-hybridized carbons (Fsp3) is 0.259. The fourth-order valence-corrected chi connectivity index (χ4v) is 4.25. The second-order valence-electron chi connectivity index (χ2n) is 9.40. The molecule has 3 aromatic rings. The van der Waals surface area contributed by atoms with E-state index in [2.05, 4.69) is 10.0 Å². The van der Waals surface area contributed by atoms with E-state index in [4.69, 9.17) is 9.47 Å². The number of carbonyl (C=O) groups excluding carboxylic acids is 1. The van der Waals surface area contributed by atoms with E-state index in [0.717, 1.165) is 5.56 Å². The molecular weight excluding hydrogens is 478 g/mol. The SMILES string of the molecule is CC(C)c1ccc(S(=O)(=O)Nc2ccc(Oc3ccc(NC(=O)OC(C)(C)C)cc3)cc2C#N)cc1. The molecule has 3 rings (SSSR count). The molecule has 0 fully saturated rings. The van der Waals surface area contributed by atoms with Gasteiger partial charge in [-0.1, -0.05) is 26.0 Å². The summed E-state index contributed by atoms with van der Waals surface area (Å²) in [6.07, 6.45) is -0.566. The van der Waals surface area contributed by atoms with E-state index in [-0.39, 0.29) is 22.1 Å². The highest BCUT2D eigenvalue weighted by atomic mass is 32.2. The molecule has 0 aliphatic carbocycles. The highest BCUT2D eigenvalue weighted by Crippen LogP contribution is 2.29. The van der Waals surface area contributed by atoms with E-state index in [1.54, 1.807) is 75.4 Å². The van der Waals surface area contributed by atoms with Crippen LogP contribution in [0.25, 0.3) is 0 Å². The van der Waals surface area contributed by atoms with Gasteiger partial charge in [0.15, 0.2) is 0 Å². The van der Waals surface area contributed by atoms with Gasteiger partial charge in [0, 0.05) is 11.8 Å². The molecule has 8 nitrogen and oxygen atoms in total. The van der Waals surface area contributed by atoms with Crippen LogP contribution in [0.5, 0.6) is 11.5 Å². The number of nitrogens with zero attached hydrogens (tertiary/aromatic N) is 1. The predicted octanol–water partition coefficient (Wildman–Crippen LogP) is 6.62. The van der Waals surface area contributed by atoms with E-state index in [0.29, 0.717) is 17.2 Å². The van der Waals surface area contributed by atoms with Crippen molar-refractivity contribution in [2.45, 2.75) is 51.0 Å². The lowest BCUT2D eigenvalue weighted by molar-refractivity contribution is 0.0636. The lowest BCUT2D eigenvalue weighted by Gasteiger charge is -2.19. The van der Waals surface area contributed by atoms with E-state index >= 15 is 0 Å². The van der Waals surface area contributed by atoms with Crippen LogP contribution in [-0.4, -0.2) is 20.1 Å². The summed E-state index contributed by atoms with van der Waals surface area (Å²) in [4.78, 5) is 12.0. The maximum atomic E-state index is 12.8. The van der Waals surface area contributed by atoms with Crippen LogP contribution in [0, 0.1) is 11.3 Å². The third-order valence-corrected chi connectivity index (χ3v) is 6.33. The first-order chi connectivity index (χ1) is 16.9. The molecule has 0 radical (unpaired) electrons. The van der Waals surface area contributed by atoms with Gasteiger partial charge in [-0.05, 0) is 80.8 Å². The Morgan fingerprint density at radius 1 is 0.944 bits per heavy atom. The Bertz CT molecular complexity index is 1370. The number of hydrogen-bond donors (Lipinski definition) is 2. The molecule has 0 saturated carbocycles. The zero-order valence-corrected chi connectivity index (χ0v) is 21.6. The Hall–Kier alpha value is -4.03. The molecule has 3 aromatic carbocycles. The molecule has 0 aliphatic rings. The van der Waals surface area contributed by atoms with Crippen LogP contribution in [0.3, 0.4) is 0 Å². The number of benzene rings is 3. The summed E-state index contributed by atoms with van der Waals surface area (Å²) in [5.74, 6) is 1.10. The van der Waals surface area contributed by atoms with E-state index in [1.165, 1.54) is 12.1 Å². The van der Waals surface area contributed by atoms with Crippen molar-refractivity contribution in [3.63, 3.8) is 0 Å². The van der Waals surface area contributed by atoms with Crippen LogP contribution in [0.2, 0.25) is 0 Å². The van der Waals surface area contributed by atoms with Gasteiger partial charge >= 0.3 is 6.09 Å². The number of nitriles is 1. The molecule has 0 aliphatic heterocycles. The largest absolute Gasteiger partial charge is 0.457 e. The maximum Gasteiger partial charge on any atom is 0.412 e. The van der Waals surface area contributed by atoms with Crippen LogP contribution < -0.4 is 14.8 Å². The number of nitrogens with one attached hydrogen (secondary N) is 2. The van der Waals surface area contributed by atoms with E-state index in [9.17, 15) is 18.5 Å². The summed E-state index contributed by atoms with van der Waals surface area (Å²) in [5.41, 5.74) is 1.21. The monoisotopic (exact) mass is 507 g/mol. The van der Waals surface area contributed by atoms with Gasteiger partial charge in [0.05, 0.1) is 16.1 Å². The fourth-order valence-electron chi connectivity index (χ4n) is 3.17. The molecular formula is C27H29N3O5S. The summed E-state index contributed by atoms with van der Waals surface area (Å²) >= 11 is 0. The minimum atomic E-state index is -3.87. The normalized spacial score (nSPS) is 11.5. The van der Waals surface area contributed by atoms with Gasteiger partial charge in [0.2, 0.25) is 0 Å². The molecule has 2 N–H and O–H groups in total. The van der Waals surface area contributed by atoms with Crippen molar-refractivity contribution >= 4 is 27.5 Å². The van der Waals surface area contributed by atoms with Gasteiger partial charge in [-0.2, -0.15) is 5.26 Å². The Morgan fingerprint density at radius 3 is 2.11 bits per heavy atom. The summed E-state index contributed by atoms with van der Waals surface area (Å²) in [7, 11) is -3.87. The quantitative estimate of drug-likeness (QED) is 0.371. The number of sulfonamides is 1. The summed E-state index contributed by atoms with van der Waals surface area (Å²) in [5, 5.41) is 12.2. The average molecular weight is 508 g/mol. The first kappa shape index (κ1) is 26.6. The van der Waals surface area contributed by atoms with Crippen molar-refractivity contribution in [1.29, 1.82) is 5.26 Å². The zero-order valence-electron chi connectivity index (χ0n) is 20.8. The van der Waals surface area contributed by atoms with Crippen molar-refractivity contribution in [2.75, 3.05) is 10.0 Å². The van der Waals surface area contributed by atoms with Crippen molar-refractivity contribution in [3.8, 4) is 17.6 Å². The molecule has 0 unspecified atom stereocenters. The molecule has 188 valence electrons. The number of anilines is 2. The average Bonchev–Trinajstić information content (AvgIpc) is 2.80. The third-order valence-electron chi connectivity index (χ3n) is 4.95. The second kappa shape index (κ2) is 10.7. The number of rotatable bonds is 7. The Labute approximate surface area is 211 Å². The smallest absolute Gasteiger partial charge is 0.412 e. The standard InChI is InChI=1S/C27H29N3O5S/c1-18(2)19-6-13-24(14-7-19)36(32,33)30-25-15-12-23(16-20(25)17-28)34-22-10-8-21(9-11-22)29-26(31)35-27(3,4)5/h6-16,18,30H,1-5H3,(H,29,31). The van der Waals surface area contributed by atoms with E-state index in [1.807, 2.05) is 19.9 Å². The predicted molar refractivity (Wildman–Crippen MR) is 139 cm³/mol. The highest BCUT2D eigenvalue weighted by molar-refractivity contribution is 7.92. The number of hydrogen-bond acceptors (Lipinski definition) is 6. The lowest BCUT2D eigenvalue weighted by atomic mass is 10.0. The third kappa shape index (κ3) is 7.23. The van der Waals surface area contributed by atoms with Crippen molar-refractivity contribution in [1.82, 2.24) is 0 Å². The van der Waals surface area contributed by atoms with Crippen LogP contribution in [0.1, 0.15) is 51.7 Å². The Kier molecular flexibility index (Phi) is 7.90. The lowest BCUT2D eigenvalue weighted by Crippen LogP contribution is -2.27. The molecule has 1 amide bonds. The Balaban J connectivity index is 1.70. The second-order valence-corrected chi connectivity index (χ2v) is 11.1. The molecule has 36 heavy (non-hydrogen) atoms. The van der Waals surface area contributed by atoms with Crippen LogP contribution in [0.4, 0.5) is 16.2 Å². The minimum absolute atomic E-state index is 0.108. The van der Waals surface area contributed by atoms with Gasteiger partial charge in [-0.3, -0.25) is 10.0 Å². The van der Waals surface area contributed by atoms with Gasteiger partial charge in [-0.15, -0.1) is 0 Å². The Morgan fingerprint density at radius 2 is 1.56 bits per heavy atom. The van der Waals surface area contributed by atoms with Gasteiger partial charge in [0.1, 0.15) is 23.2 Å². The van der Waals surface area contributed by atoms with E-state index < -0.39 is 21.7 Å². The van der Waals surface area contributed by atoms with Crippen LogP contribution >= 0.6 is 0 Å². The topological polar surface area (TPSA) is 118 Å². The van der Waals surface area contributed by atoms with Crippen molar-refractivity contribution in [3.05, 3.63) is 77.9 Å². The minimum Gasteiger partial charge on any atom is -0.457 e.